The summed E-state index contributed by atoms with van der Waals surface area (Å²) >= 11 is 0. The van der Waals surface area contributed by atoms with Gasteiger partial charge in [-0.1, -0.05) is 30.3 Å². The molecule has 1 N–H and O–H groups in total. The number of hydrogen-bond donors (Lipinski definition) is 1. The fourth-order valence-electron chi connectivity index (χ4n) is 2.22. The molecule has 0 spiro atoms. The molecule has 2 aromatic heterocycles. The van der Waals surface area contributed by atoms with Crippen LogP contribution in [0.25, 0.3) is 16.9 Å². The first-order valence-corrected chi connectivity index (χ1v) is 6.41. The molecule has 0 saturated heterocycles. The average molecular weight is 276 g/mol. The van der Waals surface area contributed by atoms with Gasteiger partial charge in [0.2, 0.25) is 5.88 Å². The highest BCUT2D eigenvalue weighted by Gasteiger charge is 2.17. The van der Waals surface area contributed by atoms with Crippen molar-refractivity contribution in [2.45, 2.75) is 6.92 Å². The Hall–Kier alpha value is -3.13. The van der Waals surface area contributed by atoms with Crippen molar-refractivity contribution < 1.29 is 5.11 Å². The summed E-state index contributed by atoms with van der Waals surface area (Å²) in [6, 6.07) is 14.8. The molecule has 0 atom stereocenters. The normalized spacial score (nSPS) is 10.3. The zero-order valence-electron chi connectivity index (χ0n) is 11.4. The van der Waals surface area contributed by atoms with Crippen LogP contribution in [0.1, 0.15) is 11.3 Å². The Kier molecular flexibility index (Phi) is 3.13. The molecule has 0 bridgehead atoms. The van der Waals surface area contributed by atoms with E-state index in [0.29, 0.717) is 22.6 Å². The van der Waals surface area contributed by atoms with Crippen molar-refractivity contribution in [1.29, 1.82) is 5.26 Å². The summed E-state index contributed by atoms with van der Waals surface area (Å²) in [5, 5.41) is 23.7. The van der Waals surface area contributed by atoms with E-state index in [1.165, 1.54) is 10.9 Å². The molecule has 0 radical (unpaired) electrons. The van der Waals surface area contributed by atoms with Gasteiger partial charge in [0.05, 0.1) is 22.9 Å². The Labute approximate surface area is 121 Å². The largest absolute Gasteiger partial charge is 0.493 e. The lowest BCUT2D eigenvalue weighted by atomic mass is 10.1. The van der Waals surface area contributed by atoms with E-state index in [-0.39, 0.29) is 5.88 Å². The third-order valence-electron chi connectivity index (χ3n) is 3.19. The standard InChI is InChI=1S/C16H12N4O/c1-11-15(13-5-3-2-4-6-13)16(21)20(19-11)14-9-12(10-17)7-8-18-14/h2-9,21H,1H3. The van der Waals surface area contributed by atoms with Crippen molar-refractivity contribution in [3.8, 4) is 28.9 Å². The molecule has 3 aromatic rings. The van der Waals surface area contributed by atoms with Crippen LogP contribution < -0.4 is 0 Å². The minimum absolute atomic E-state index is 0.0151. The van der Waals surface area contributed by atoms with Crippen molar-refractivity contribution in [2.24, 2.45) is 0 Å². The Balaban J connectivity index is 2.16. The van der Waals surface area contributed by atoms with Gasteiger partial charge in [-0.3, -0.25) is 0 Å². The van der Waals surface area contributed by atoms with Gasteiger partial charge in [0.25, 0.3) is 0 Å². The topological polar surface area (TPSA) is 74.7 Å². The maximum Gasteiger partial charge on any atom is 0.223 e. The number of nitriles is 1. The highest BCUT2D eigenvalue weighted by molar-refractivity contribution is 5.71. The maximum absolute atomic E-state index is 10.5. The first kappa shape index (κ1) is 12.9. The monoisotopic (exact) mass is 276 g/mol. The first-order chi connectivity index (χ1) is 10.2. The van der Waals surface area contributed by atoms with Gasteiger partial charge in [0.1, 0.15) is 0 Å². The third kappa shape index (κ3) is 2.23. The number of benzene rings is 1. The maximum atomic E-state index is 10.5. The minimum Gasteiger partial charge on any atom is -0.493 e. The van der Waals surface area contributed by atoms with Gasteiger partial charge >= 0.3 is 0 Å². The van der Waals surface area contributed by atoms with Crippen LogP contribution in [0.4, 0.5) is 0 Å². The van der Waals surface area contributed by atoms with Crippen LogP contribution in [0.2, 0.25) is 0 Å². The van der Waals surface area contributed by atoms with Crippen LogP contribution in [0.15, 0.2) is 48.7 Å². The lowest BCUT2D eigenvalue weighted by molar-refractivity contribution is 0.433. The van der Waals surface area contributed by atoms with Gasteiger partial charge in [0.15, 0.2) is 5.82 Å². The van der Waals surface area contributed by atoms with Crippen molar-refractivity contribution in [1.82, 2.24) is 14.8 Å². The Bertz CT molecular complexity index is 831. The van der Waals surface area contributed by atoms with E-state index >= 15 is 0 Å². The predicted molar refractivity (Wildman–Crippen MR) is 77.9 cm³/mol. The summed E-state index contributed by atoms with van der Waals surface area (Å²) in [7, 11) is 0. The number of aryl methyl sites for hydroxylation is 1. The minimum atomic E-state index is 0.0151. The number of hydrogen-bond acceptors (Lipinski definition) is 4. The van der Waals surface area contributed by atoms with E-state index < -0.39 is 0 Å². The Morgan fingerprint density at radius 3 is 2.67 bits per heavy atom. The molecule has 0 aliphatic carbocycles. The molecule has 0 unspecified atom stereocenters. The second-order valence-corrected chi connectivity index (χ2v) is 4.58. The zero-order valence-corrected chi connectivity index (χ0v) is 11.4. The lowest BCUT2D eigenvalue weighted by Gasteiger charge is -2.03. The summed E-state index contributed by atoms with van der Waals surface area (Å²) in [5.41, 5.74) is 2.71. The van der Waals surface area contributed by atoms with Crippen molar-refractivity contribution in [3.63, 3.8) is 0 Å². The molecule has 0 saturated carbocycles. The average Bonchev–Trinajstić information content (AvgIpc) is 2.83. The van der Waals surface area contributed by atoms with Crippen molar-refractivity contribution in [2.75, 3.05) is 0 Å². The second kappa shape index (κ2) is 5.10. The van der Waals surface area contributed by atoms with Crippen LogP contribution in [0.3, 0.4) is 0 Å². The van der Waals surface area contributed by atoms with Crippen LogP contribution in [0, 0.1) is 18.3 Å². The summed E-state index contributed by atoms with van der Waals surface area (Å²) in [6.45, 7) is 1.83. The molecule has 1 aromatic carbocycles. The summed E-state index contributed by atoms with van der Waals surface area (Å²) < 4.78 is 1.35. The summed E-state index contributed by atoms with van der Waals surface area (Å²) in [4.78, 5) is 4.16. The summed E-state index contributed by atoms with van der Waals surface area (Å²) in [5.74, 6) is 0.429. The Morgan fingerprint density at radius 1 is 1.19 bits per heavy atom. The van der Waals surface area contributed by atoms with Crippen LogP contribution in [-0.4, -0.2) is 19.9 Å². The predicted octanol–water partition coefficient (Wildman–Crippen LogP) is 2.82. The van der Waals surface area contributed by atoms with Gasteiger partial charge < -0.3 is 5.11 Å². The van der Waals surface area contributed by atoms with Gasteiger partial charge in [-0.15, -0.1) is 0 Å². The molecule has 0 aliphatic rings. The number of nitrogens with zero attached hydrogens (tertiary/aromatic N) is 4. The van der Waals surface area contributed by atoms with E-state index in [1.54, 1.807) is 12.1 Å². The summed E-state index contributed by atoms with van der Waals surface area (Å²) in [6.07, 6.45) is 1.52. The van der Waals surface area contributed by atoms with Crippen LogP contribution in [0.5, 0.6) is 5.88 Å². The molecular weight excluding hydrogens is 264 g/mol. The SMILES string of the molecule is Cc1nn(-c2cc(C#N)ccn2)c(O)c1-c1ccccc1. The first-order valence-electron chi connectivity index (χ1n) is 6.41. The van der Waals surface area contributed by atoms with Crippen molar-refractivity contribution >= 4 is 0 Å². The number of rotatable bonds is 2. The van der Waals surface area contributed by atoms with E-state index in [1.807, 2.05) is 43.3 Å². The van der Waals surface area contributed by atoms with E-state index in [2.05, 4.69) is 10.1 Å². The smallest absolute Gasteiger partial charge is 0.223 e. The molecule has 0 fully saturated rings. The molecule has 2 heterocycles. The number of aromatic hydroxyl groups is 1. The van der Waals surface area contributed by atoms with Crippen molar-refractivity contribution in [3.05, 3.63) is 59.9 Å². The van der Waals surface area contributed by atoms with Crippen LogP contribution in [-0.2, 0) is 0 Å². The highest BCUT2D eigenvalue weighted by Crippen LogP contribution is 2.33. The Morgan fingerprint density at radius 2 is 1.95 bits per heavy atom. The molecule has 3 rings (SSSR count). The lowest BCUT2D eigenvalue weighted by Crippen LogP contribution is -1.99. The van der Waals surface area contributed by atoms with E-state index in [0.717, 1.165) is 5.56 Å². The fraction of sp³-hybridized carbons (Fsp3) is 0.0625. The van der Waals surface area contributed by atoms with Gasteiger partial charge in [-0.25, -0.2) is 4.98 Å². The van der Waals surface area contributed by atoms with Gasteiger partial charge in [-0.2, -0.15) is 15.0 Å². The van der Waals surface area contributed by atoms with E-state index in [4.69, 9.17) is 5.26 Å². The third-order valence-corrected chi connectivity index (χ3v) is 3.19. The molecule has 0 aliphatic heterocycles. The highest BCUT2D eigenvalue weighted by atomic mass is 16.3. The second-order valence-electron chi connectivity index (χ2n) is 4.58. The zero-order chi connectivity index (χ0) is 14.8. The molecule has 5 nitrogen and oxygen atoms in total. The fourth-order valence-corrected chi connectivity index (χ4v) is 2.22. The van der Waals surface area contributed by atoms with Gasteiger partial charge in [0, 0.05) is 12.3 Å². The van der Waals surface area contributed by atoms with Gasteiger partial charge in [-0.05, 0) is 18.6 Å². The molecule has 102 valence electrons. The molecule has 0 amide bonds. The number of aromatic nitrogens is 3. The van der Waals surface area contributed by atoms with Crippen LogP contribution >= 0.6 is 0 Å². The van der Waals surface area contributed by atoms with E-state index in [9.17, 15) is 5.11 Å². The molecule has 5 heteroatoms. The molecular formula is C16H12N4O. The quantitative estimate of drug-likeness (QED) is 0.781. The number of pyridine rings is 1. The molecule has 21 heavy (non-hydrogen) atoms.